The van der Waals surface area contributed by atoms with Gasteiger partial charge in [0.2, 0.25) is 5.88 Å². The fourth-order valence-corrected chi connectivity index (χ4v) is 3.34. The molecule has 0 amide bonds. The molecule has 0 atom stereocenters. The second kappa shape index (κ2) is 6.20. The Bertz CT molecular complexity index is 876. The summed E-state index contributed by atoms with van der Waals surface area (Å²) in [5.74, 6) is -0.472. The number of methoxy groups -OCH3 is 1. The molecule has 0 aliphatic heterocycles. The number of benzene rings is 1. The highest BCUT2D eigenvalue weighted by Gasteiger charge is 2.22. The van der Waals surface area contributed by atoms with Crippen molar-refractivity contribution in [2.75, 3.05) is 12.4 Å². The van der Waals surface area contributed by atoms with Gasteiger partial charge in [-0.05, 0) is 24.5 Å². The second-order valence-corrected chi connectivity index (χ2v) is 6.58. The Morgan fingerprint density at radius 2 is 2.04 bits per heavy atom. The second-order valence-electron chi connectivity index (χ2n) is 5.72. The maximum Gasteiger partial charge on any atom is 0.250 e. The van der Waals surface area contributed by atoms with E-state index < -0.39 is 5.82 Å². The maximum atomic E-state index is 14.0. The molecular formula is C18H16FN3OS. The van der Waals surface area contributed by atoms with Crippen LogP contribution in [-0.2, 0) is 0 Å². The third-order valence-corrected chi connectivity index (χ3v) is 4.70. The number of hydrogen-bond acceptors (Lipinski definition) is 5. The summed E-state index contributed by atoms with van der Waals surface area (Å²) in [7, 11) is 1.41. The van der Waals surface area contributed by atoms with Gasteiger partial charge in [-0.3, -0.25) is 0 Å². The lowest BCUT2D eigenvalue weighted by Crippen LogP contribution is -1.99. The van der Waals surface area contributed by atoms with Crippen molar-refractivity contribution in [1.29, 1.82) is 0 Å². The Kier molecular flexibility index (Phi) is 3.90. The number of hydrogen-bond donors (Lipinski definition) is 1. The van der Waals surface area contributed by atoms with Gasteiger partial charge in [0.1, 0.15) is 0 Å². The van der Waals surface area contributed by atoms with E-state index in [1.165, 1.54) is 26.0 Å². The lowest BCUT2D eigenvalue weighted by Gasteiger charge is -2.09. The van der Waals surface area contributed by atoms with Gasteiger partial charge in [0.15, 0.2) is 10.9 Å². The van der Waals surface area contributed by atoms with Crippen molar-refractivity contribution in [3.63, 3.8) is 0 Å². The molecule has 2 aromatic heterocycles. The van der Waals surface area contributed by atoms with Gasteiger partial charge in [-0.25, -0.2) is 14.4 Å². The van der Waals surface area contributed by atoms with E-state index in [4.69, 9.17) is 4.74 Å². The average molecular weight is 341 g/mol. The van der Waals surface area contributed by atoms with Gasteiger partial charge in [0.25, 0.3) is 0 Å². The van der Waals surface area contributed by atoms with Gasteiger partial charge in [0, 0.05) is 28.7 Å². The van der Waals surface area contributed by atoms with Crippen LogP contribution in [0.1, 0.15) is 12.8 Å². The van der Waals surface area contributed by atoms with Crippen molar-refractivity contribution in [1.82, 2.24) is 9.97 Å². The Balaban J connectivity index is 1.72. The molecule has 4 nitrogen and oxygen atoms in total. The zero-order valence-electron chi connectivity index (χ0n) is 13.1. The molecule has 0 unspecified atom stereocenters. The van der Waals surface area contributed by atoms with E-state index in [9.17, 15) is 4.39 Å². The van der Waals surface area contributed by atoms with Crippen molar-refractivity contribution in [2.24, 2.45) is 0 Å². The first-order chi connectivity index (χ1) is 11.7. The number of nitrogens with zero attached hydrogens (tertiary/aromatic N) is 2. The monoisotopic (exact) mass is 341 g/mol. The van der Waals surface area contributed by atoms with E-state index in [2.05, 4.69) is 15.3 Å². The first-order valence-electron chi connectivity index (χ1n) is 7.76. The molecule has 0 bridgehead atoms. The number of rotatable bonds is 5. The molecule has 1 aliphatic carbocycles. The molecule has 0 radical (unpaired) electrons. The molecule has 2 heterocycles. The Hall–Kier alpha value is -2.47. The molecule has 1 fully saturated rings. The number of thiazole rings is 1. The molecule has 122 valence electrons. The lowest BCUT2D eigenvalue weighted by atomic mass is 9.99. The minimum absolute atomic E-state index is 0.000749. The zero-order valence-corrected chi connectivity index (χ0v) is 13.9. The van der Waals surface area contributed by atoms with E-state index in [0.717, 1.165) is 22.0 Å². The van der Waals surface area contributed by atoms with Crippen LogP contribution in [0.2, 0.25) is 0 Å². The van der Waals surface area contributed by atoms with E-state index in [-0.39, 0.29) is 5.88 Å². The maximum absolute atomic E-state index is 14.0. The van der Waals surface area contributed by atoms with Gasteiger partial charge in [-0.15, -0.1) is 11.3 Å². The van der Waals surface area contributed by atoms with Crippen LogP contribution < -0.4 is 10.1 Å². The summed E-state index contributed by atoms with van der Waals surface area (Å²) in [6.07, 6.45) is 4.04. The molecule has 0 saturated heterocycles. The van der Waals surface area contributed by atoms with Gasteiger partial charge >= 0.3 is 0 Å². The third kappa shape index (κ3) is 2.97. The largest absolute Gasteiger partial charge is 0.479 e. The number of aromatic nitrogens is 2. The van der Waals surface area contributed by atoms with E-state index in [1.807, 2.05) is 29.6 Å². The molecular weight excluding hydrogens is 325 g/mol. The normalized spacial score (nSPS) is 13.8. The van der Waals surface area contributed by atoms with Gasteiger partial charge < -0.3 is 10.1 Å². The van der Waals surface area contributed by atoms with Crippen LogP contribution in [0.25, 0.3) is 22.4 Å². The summed E-state index contributed by atoms with van der Waals surface area (Å²) >= 11 is 1.59. The molecule has 0 spiro atoms. The van der Waals surface area contributed by atoms with Crippen molar-refractivity contribution in [3.8, 4) is 28.3 Å². The van der Waals surface area contributed by atoms with Crippen LogP contribution in [0, 0.1) is 5.82 Å². The molecule has 3 aromatic rings. The first-order valence-corrected chi connectivity index (χ1v) is 8.64. The number of pyridine rings is 1. The quantitative estimate of drug-likeness (QED) is 0.737. The van der Waals surface area contributed by atoms with E-state index in [0.29, 0.717) is 11.6 Å². The summed E-state index contributed by atoms with van der Waals surface area (Å²) < 4.78 is 18.9. The lowest BCUT2D eigenvalue weighted by molar-refractivity contribution is 0.369. The summed E-state index contributed by atoms with van der Waals surface area (Å²) in [6.45, 7) is 0. The van der Waals surface area contributed by atoms with Crippen LogP contribution in [0.15, 0.2) is 41.9 Å². The first kappa shape index (κ1) is 15.1. The zero-order chi connectivity index (χ0) is 16.5. The third-order valence-electron chi connectivity index (χ3n) is 3.92. The van der Waals surface area contributed by atoms with Crippen LogP contribution in [0.5, 0.6) is 5.88 Å². The number of anilines is 1. The van der Waals surface area contributed by atoms with Crippen LogP contribution in [-0.4, -0.2) is 23.1 Å². The Morgan fingerprint density at radius 1 is 1.25 bits per heavy atom. The number of halogens is 1. The molecule has 1 aliphatic rings. The Labute approximate surface area is 143 Å². The molecule has 6 heteroatoms. The van der Waals surface area contributed by atoms with Crippen molar-refractivity contribution < 1.29 is 9.13 Å². The predicted molar refractivity (Wildman–Crippen MR) is 93.9 cm³/mol. The fourth-order valence-electron chi connectivity index (χ4n) is 2.55. The molecule has 24 heavy (non-hydrogen) atoms. The van der Waals surface area contributed by atoms with Crippen molar-refractivity contribution >= 4 is 16.5 Å². The van der Waals surface area contributed by atoms with Crippen LogP contribution >= 0.6 is 11.3 Å². The summed E-state index contributed by atoms with van der Waals surface area (Å²) in [6, 6.07) is 9.84. The highest BCUT2D eigenvalue weighted by Crippen LogP contribution is 2.35. The van der Waals surface area contributed by atoms with Crippen molar-refractivity contribution in [2.45, 2.75) is 18.9 Å². The Morgan fingerprint density at radius 3 is 2.75 bits per heavy atom. The number of nitrogens with one attached hydrogen (secondary N) is 1. The summed E-state index contributed by atoms with van der Waals surface area (Å²) in [5.41, 5.74) is 3.45. The van der Waals surface area contributed by atoms with Gasteiger partial charge in [-0.1, -0.05) is 24.3 Å². The number of ether oxygens (including phenoxy) is 1. The molecule has 1 saturated carbocycles. The SMILES string of the molecule is COc1ncc(-c2ccccc2-c2csc(NC3CC3)n2)cc1F. The summed E-state index contributed by atoms with van der Waals surface area (Å²) in [4.78, 5) is 8.70. The van der Waals surface area contributed by atoms with E-state index >= 15 is 0 Å². The summed E-state index contributed by atoms with van der Waals surface area (Å²) in [5, 5.41) is 6.36. The molecule has 4 rings (SSSR count). The minimum Gasteiger partial charge on any atom is -0.479 e. The van der Waals surface area contributed by atoms with E-state index in [1.54, 1.807) is 17.5 Å². The molecule has 1 aromatic carbocycles. The highest BCUT2D eigenvalue weighted by atomic mass is 32.1. The van der Waals surface area contributed by atoms with Gasteiger partial charge in [0.05, 0.1) is 12.8 Å². The highest BCUT2D eigenvalue weighted by molar-refractivity contribution is 7.14. The van der Waals surface area contributed by atoms with Crippen molar-refractivity contribution in [3.05, 3.63) is 47.7 Å². The molecule has 1 N–H and O–H groups in total. The topological polar surface area (TPSA) is 47.0 Å². The average Bonchev–Trinajstić information content (AvgIpc) is 3.30. The van der Waals surface area contributed by atoms with Crippen LogP contribution in [0.3, 0.4) is 0 Å². The minimum atomic E-state index is -0.473. The smallest absolute Gasteiger partial charge is 0.250 e. The standard InChI is InChI=1S/C18H16FN3OS/c1-23-17-15(19)8-11(9-20-17)13-4-2-3-5-14(13)16-10-24-18(22-16)21-12-6-7-12/h2-5,8-10,12H,6-7H2,1H3,(H,21,22). The predicted octanol–water partition coefficient (Wildman–Crippen LogP) is 4.59. The van der Waals surface area contributed by atoms with Gasteiger partial charge in [-0.2, -0.15) is 0 Å². The van der Waals surface area contributed by atoms with Crippen LogP contribution in [0.4, 0.5) is 9.52 Å². The fraction of sp³-hybridized carbons (Fsp3) is 0.222.